The lowest BCUT2D eigenvalue weighted by molar-refractivity contribution is -0.283. The molecule has 0 bridgehead atoms. The van der Waals surface area contributed by atoms with E-state index in [1.54, 1.807) is 0 Å². The molecular weight excluding hydrogens is 436 g/mol. The quantitative estimate of drug-likeness (QED) is 0.425. The Morgan fingerprint density at radius 1 is 1.03 bits per heavy atom. The van der Waals surface area contributed by atoms with Crippen LogP contribution in [0.5, 0.6) is 5.75 Å². The van der Waals surface area contributed by atoms with Crippen molar-refractivity contribution in [2.24, 2.45) is 0 Å². The van der Waals surface area contributed by atoms with E-state index in [2.05, 4.69) is 0 Å². The lowest BCUT2D eigenvalue weighted by atomic mass is 9.91. The molecule has 1 aliphatic heterocycles. The molecule has 3 atom stereocenters. The second-order valence-corrected chi connectivity index (χ2v) is 9.04. The molecule has 0 aromatic heterocycles. The summed E-state index contributed by atoms with van der Waals surface area (Å²) in [5.41, 5.74) is 3.87. The third-order valence-corrected chi connectivity index (χ3v) is 6.32. The molecule has 1 heterocycles. The largest absolute Gasteiger partial charge is 0.494 e. The second-order valence-electron chi connectivity index (χ2n) is 8.63. The van der Waals surface area contributed by atoms with Crippen molar-refractivity contribution < 1.29 is 19.3 Å². The van der Waals surface area contributed by atoms with Gasteiger partial charge in [0.05, 0.1) is 25.4 Å². The van der Waals surface area contributed by atoms with E-state index in [1.807, 2.05) is 86.6 Å². The molecule has 4 rings (SSSR count). The number of halogens is 1. The summed E-state index contributed by atoms with van der Waals surface area (Å²) in [5, 5.41) is 12.2. The van der Waals surface area contributed by atoms with Crippen molar-refractivity contribution in [2.75, 3.05) is 6.61 Å². The summed E-state index contributed by atoms with van der Waals surface area (Å²) >= 11 is 6.51. The fraction of sp³-hybridized carbons (Fsp3) is 0.357. The van der Waals surface area contributed by atoms with Gasteiger partial charge in [-0.1, -0.05) is 60.1 Å². The molecule has 174 valence electrons. The highest BCUT2D eigenvalue weighted by molar-refractivity contribution is 6.31. The van der Waals surface area contributed by atoms with Crippen LogP contribution in [0.1, 0.15) is 48.9 Å². The smallest absolute Gasteiger partial charge is 0.195 e. The van der Waals surface area contributed by atoms with Gasteiger partial charge in [0.1, 0.15) is 5.75 Å². The SMILES string of the molecule is CCOc1ccc(Cc2cc(C3(O)C[C@@H](OCc4ccccc4)C[C@@H](C)O3)ccc2Cl)cc1. The van der Waals surface area contributed by atoms with Crippen molar-refractivity contribution in [3.05, 3.63) is 100 Å². The van der Waals surface area contributed by atoms with Crippen LogP contribution in [0.2, 0.25) is 5.02 Å². The molecule has 0 saturated carbocycles. The van der Waals surface area contributed by atoms with Crippen LogP contribution in [0.25, 0.3) is 0 Å². The Morgan fingerprint density at radius 3 is 2.52 bits per heavy atom. The van der Waals surface area contributed by atoms with E-state index in [1.165, 1.54) is 0 Å². The minimum Gasteiger partial charge on any atom is -0.494 e. The van der Waals surface area contributed by atoms with Gasteiger partial charge in [-0.05, 0) is 67.6 Å². The number of hydrogen-bond donors (Lipinski definition) is 1. The molecule has 5 heteroatoms. The molecule has 0 radical (unpaired) electrons. The molecule has 0 spiro atoms. The van der Waals surface area contributed by atoms with E-state index in [4.69, 9.17) is 25.8 Å². The highest BCUT2D eigenvalue weighted by Crippen LogP contribution is 2.38. The molecule has 3 aromatic carbocycles. The zero-order valence-corrected chi connectivity index (χ0v) is 19.9. The maximum atomic E-state index is 11.5. The molecule has 1 fully saturated rings. The van der Waals surface area contributed by atoms with Crippen LogP contribution in [0, 0.1) is 0 Å². The Bertz CT molecular complexity index is 1040. The van der Waals surface area contributed by atoms with Gasteiger partial charge in [0, 0.05) is 17.0 Å². The van der Waals surface area contributed by atoms with E-state index in [0.29, 0.717) is 36.6 Å². The Kier molecular flexibility index (Phi) is 7.71. The standard InChI is InChI=1S/C28H31ClO4/c1-3-31-25-12-9-21(10-13-25)16-23-17-24(11-14-27(23)29)28(30)18-26(15-20(2)33-28)32-19-22-7-5-4-6-8-22/h4-14,17,20,26,30H,3,15-16,18-19H2,1-2H3/t20-,26+,28?/m1/s1. The lowest BCUT2D eigenvalue weighted by Gasteiger charge is -2.40. The summed E-state index contributed by atoms with van der Waals surface area (Å²) in [5.74, 6) is -0.571. The molecule has 33 heavy (non-hydrogen) atoms. The van der Waals surface area contributed by atoms with Crippen LogP contribution in [0.15, 0.2) is 72.8 Å². The van der Waals surface area contributed by atoms with Crippen molar-refractivity contribution in [3.8, 4) is 5.75 Å². The van der Waals surface area contributed by atoms with Crippen molar-refractivity contribution in [1.29, 1.82) is 0 Å². The molecule has 1 saturated heterocycles. The minimum atomic E-state index is -1.42. The van der Waals surface area contributed by atoms with Gasteiger partial charge in [-0.2, -0.15) is 0 Å². The van der Waals surface area contributed by atoms with Gasteiger partial charge in [0.15, 0.2) is 5.79 Å². The number of benzene rings is 3. The summed E-state index contributed by atoms with van der Waals surface area (Å²) in [6, 6.07) is 23.7. The van der Waals surface area contributed by atoms with Gasteiger partial charge >= 0.3 is 0 Å². The minimum absolute atomic E-state index is 0.107. The number of aliphatic hydroxyl groups is 1. The van der Waals surface area contributed by atoms with Crippen LogP contribution in [0.4, 0.5) is 0 Å². The maximum Gasteiger partial charge on any atom is 0.195 e. The Morgan fingerprint density at radius 2 is 1.79 bits per heavy atom. The van der Waals surface area contributed by atoms with Gasteiger partial charge in [0.25, 0.3) is 0 Å². The van der Waals surface area contributed by atoms with E-state index >= 15 is 0 Å². The van der Waals surface area contributed by atoms with Crippen LogP contribution >= 0.6 is 11.6 Å². The molecule has 4 nitrogen and oxygen atoms in total. The predicted molar refractivity (Wildman–Crippen MR) is 131 cm³/mol. The topological polar surface area (TPSA) is 47.9 Å². The van der Waals surface area contributed by atoms with Crippen LogP contribution in [-0.4, -0.2) is 23.9 Å². The highest BCUT2D eigenvalue weighted by atomic mass is 35.5. The molecule has 0 aliphatic carbocycles. The van der Waals surface area contributed by atoms with E-state index < -0.39 is 5.79 Å². The number of hydrogen-bond acceptors (Lipinski definition) is 4. The van der Waals surface area contributed by atoms with Gasteiger partial charge < -0.3 is 19.3 Å². The molecule has 0 amide bonds. The average molecular weight is 467 g/mol. The van der Waals surface area contributed by atoms with Gasteiger partial charge in [0.2, 0.25) is 0 Å². The Hall–Kier alpha value is -2.37. The fourth-order valence-electron chi connectivity index (χ4n) is 4.34. The fourth-order valence-corrected chi connectivity index (χ4v) is 4.52. The first kappa shape index (κ1) is 23.8. The van der Waals surface area contributed by atoms with Crippen molar-refractivity contribution in [3.63, 3.8) is 0 Å². The van der Waals surface area contributed by atoms with E-state index in [0.717, 1.165) is 28.9 Å². The van der Waals surface area contributed by atoms with Gasteiger partial charge in [-0.25, -0.2) is 0 Å². The predicted octanol–water partition coefficient (Wildman–Crippen LogP) is 6.26. The third-order valence-electron chi connectivity index (χ3n) is 5.95. The van der Waals surface area contributed by atoms with E-state index in [9.17, 15) is 5.11 Å². The number of rotatable bonds is 8. The van der Waals surface area contributed by atoms with Crippen molar-refractivity contribution in [2.45, 2.75) is 57.7 Å². The zero-order chi connectivity index (χ0) is 23.3. The Labute approximate surface area is 201 Å². The summed E-state index contributed by atoms with van der Waals surface area (Å²) in [6.45, 7) is 5.09. The first-order valence-electron chi connectivity index (χ1n) is 11.5. The number of ether oxygens (including phenoxy) is 3. The van der Waals surface area contributed by atoms with Gasteiger partial charge in [-0.3, -0.25) is 0 Å². The summed E-state index contributed by atoms with van der Waals surface area (Å²) in [4.78, 5) is 0. The molecule has 1 N–H and O–H groups in total. The monoisotopic (exact) mass is 466 g/mol. The molecule has 1 unspecified atom stereocenters. The zero-order valence-electron chi connectivity index (χ0n) is 19.2. The van der Waals surface area contributed by atoms with Crippen LogP contribution in [0.3, 0.4) is 0 Å². The molecule has 1 aliphatic rings. The molecular formula is C28H31ClO4. The normalized spacial score (nSPS) is 22.8. The van der Waals surface area contributed by atoms with E-state index in [-0.39, 0.29) is 12.2 Å². The third kappa shape index (κ3) is 6.15. The van der Waals surface area contributed by atoms with Crippen molar-refractivity contribution >= 4 is 11.6 Å². The second kappa shape index (κ2) is 10.7. The highest BCUT2D eigenvalue weighted by Gasteiger charge is 2.41. The Balaban J connectivity index is 1.49. The summed E-state index contributed by atoms with van der Waals surface area (Å²) in [7, 11) is 0. The summed E-state index contributed by atoms with van der Waals surface area (Å²) < 4.78 is 17.7. The van der Waals surface area contributed by atoms with Gasteiger partial charge in [-0.15, -0.1) is 0 Å². The van der Waals surface area contributed by atoms with Crippen LogP contribution < -0.4 is 4.74 Å². The first-order valence-corrected chi connectivity index (χ1v) is 11.9. The maximum absolute atomic E-state index is 11.5. The average Bonchev–Trinajstić information content (AvgIpc) is 2.81. The first-order chi connectivity index (χ1) is 15.9. The lowest BCUT2D eigenvalue weighted by Crippen LogP contribution is -2.44. The molecule has 3 aromatic rings. The summed E-state index contributed by atoms with van der Waals surface area (Å²) in [6.07, 6.45) is 1.52. The van der Waals surface area contributed by atoms with Crippen LogP contribution in [-0.2, 0) is 28.3 Å². The van der Waals surface area contributed by atoms with Crippen molar-refractivity contribution in [1.82, 2.24) is 0 Å².